The minimum absolute atomic E-state index is 0.107. The summed E-state index contributed by atoms with van der Waals surface area (Å²) in [5, 5.41) is 6.87. The highest BCUT2D eigenvalue weighted by atomic mass is 79.9. The van der Waals surface area contributed by atoms with Gasteiger partial charge in [0.15, 0.2) is 0 Å². The minimum atomic E-state index is -0.307. The third kappa shape index (κ3) is 3.96. The van der Waals surface area contributed by atoms with Crippen LogP contribution < -0.4 is 5.56 Å². The molecule has 94 valence electrons. The summed E-state index contributed by atoms with van der Waals surface area (Å²) in [5.74, 6) is -0.155. The standard InChI is InChI=1S/C11H16BrN3O2/c1-8(2)15(7-3-6-12)11(17)9-4-5-10(16)14-13-9/h4-5,8H,3,6-7H2,1-2H3,(H,14,16). The van der Waals surface area contributed by atoms with Gasteiger partial charge < -0.3 is 4.90 Å². The molecule has 0 aliphatic carbocycles. The van der Waals surface area contributed by atoms with Crippen LogP contribution in [0.15, 0.2) is 16.9 Å². The van der Waals surface area contributed by atoms with Gasteiger partial charge in [-0.15, -0.1) is 0 Å². The second kappa shape index (κ2) is 6.54. The Morgan fingerprint density at radius 1 is 1.53 bits per heavy atom. The monoisotopic (exact) mass is 301 g/mol. The van der Waals surface area contributed by atoms with E-state index in [0.717, 1.165) is 11.8 Å². The number of carbonyl (C=O) groups excluding carboxylic acids is 1. The molecule has 0 saturated heterocycles. The Morgan fingerprint density at radius 3 is 2.71 bits per heavy atom. The normalized spacial score (nSPS) is 10.6. The first-order chi connectivity index (χ1) is 8.06. The van der Waals surface area contributed by atoms with Crippen molar-refractivity contribution in [2.24, 2.45) is 0 Å². The zero-order chi connectivity index (χ0) is 12.8. The van der Waals surface area contributed by atoms with Crippen LogP contribution >= 0.6 is 15.9 Å². The van der Waals surface area contributed by atoms with Gasteiger partial charge in [0.25, 0.3) is 11.5 Å². The number of nitrogens with zero attached hydrogens (tertiary/aromatic N) is 2. The second-order valence-electron chi connectivity index (χ2n) is 3.94. The predicted octanol–water partition coefficient (Wildman–Crippen LogP) is 1.41. The predicted molar refractivity (Wildman–Crippen MR) is 69.4 cm³/mol. The number of hydrogen-bond donors (Lipinski definition) is 1. The van der Waals surface area contributed by atoms with E-state index in [9.17, 15) is 9.59 Å². The highest BCUT2D eigenvalue weighted by Gasteiger charge is 2.19. The Morgan fingerprint density at radius 2 is 2.24 bits per heavy atom. The summed E-state index contributed by atoms with van der Waals surface area (Å²) in [4.78, 5) is 24.7. The van der Waals surface area contributed by atoms with Crippen molar-refractivity contribution in [2.75, 3.05) is 11.9 Å². The molecule has 5 nitrogen and oxygen atoms in total. The summed E-state index contributed by atoms with van der Waals surface area (Å²) in [6.07, 6.45) is 0.882. The van der Waals surface area contributed by atoms with Crippen molar-refractivity contribution in [2.45, 2.75) is 26.3 Å². The van der Waals surface area contributed by atoms with Crippen LogP contribution in [0, 0.1) is 0 Å². The van der Waals surface area contributed by atoms with Crippen LogP contribution in [0.5, 0.6) is 0 Å². The van der Waals surface area contributed by atoms with Gasteiger partial charge in [-0.05, 0) is 26.3 Å². The quantitative estimate of drug-likeness (QED) is 0.836. The molecule has 6 heteroatoms. The molecule has 0 saturated carbocycles. The molecular weight excluding hydrogens is 286 g/mol. The van der Waals surface area contributed by atoms with Gasteiger partial charge in [0.1, 0.15) is 5.69 Å². The SMILES string of the molecule is CC(C)N(CCCBr)C(=O)c1ccc(=O)[nH]n1. The summed E-state index contributed by atoms with van der Waals surface area (Å²) in [7, 11) is 0. The van der Waals surface area contributed by atoms with E-state index in [1.54, 1.807) is 4.90 Å². The average molecular weight is 302 g/mol. The number of alkyl halides is 1. The van der Waals surface area contributed by atoms with Crippen LogP contribution in [0.1, 0.15) is 30.8 Å². The fourth-order valence-corrected chi connectivity index (χ4v) is 1.69. The molecule has 17 heavy (non-hydrogen) atoms. The zero-order valence-electron chi connectivity index (χ0n) is 9.94. The maximum Gasteiger partial charge on any atom is 0.274 e. The van der Waals surface area contributed by atoms with E-state index in [2.05, 4.69) is 26.1 Å². The van der Waals surface area contributed by atoms with Gasteiger partial charge in [-0.2, -0.15) is 5.10 Å². The van der Waals surface area contributed by atoms with Crippen LogP contribution in [0.4, 0.5) is 0 Å². The van der Waals surface area contributed by atoms with Crippen molar-refractivity contribution in [3.05, 3.63) is 28.2 Å². The van der Waals surface area contributed by atoms with Crippen molar-refractivity contribution in [3.8, 4) is 0 Å². The lowest BCUT2D eigenvalue weighted by Gasteiger charge is -2.25. The topological polar surface area (TPSA) is 66.1 Å². The number of nitrogens with one attached hydrogen (secondary N) is 1. The molecule has 0 fully saturated rings. The van der Waals surface area contributed by atoms with Gasteiger partial charge in [-0.3, -0.25) is 9.59 Å². The molecule has 0 bridgehead atoms. The summed E-state index contributed by atoms with van der Waals surface area (Å²) in [6, 6.07) is 2.86. The van der Waals surface area contributed by atoms with Gasteiger partial charge >= 0.3 is 0 Å². The number of hydrogen-bond acceptors (Lipinski definition) is 3. The van der Waals surface area contributed by atoms with Crippen molar-refractivity contribution in [1.29, 1.82) is 0 Å². The molecule has 0 unspecified atom stereocenters. The number of H-pyrrole nitrogens is 1. The average Bonchev–Trinajstić information content (AvgIpc) is 2.29. The first kappa shape index (κ1) is 13.9. The highest BCUT2D eigenvalue weighted by molar-refractivity contribution is 9.09. The van der Waals surface area contributed by atoms with Crippen molar-refractivity contribution in [3.63, 3.8) is 0 Å². The first-order valence-electron chi connectivity index (χ1n) is 5.49. The molecule has 0 aliphatic rings. The zero-order valence-corrected chi connectivity index (χ0v) is 11.5. The van der Waals surface area contributed by atoms with E-state index in [1.165, 1.54) is 12.1 Å². The molecule has 0 spiro atoms. The number of carbonyl (C=O) groups is 1. The van der Waals surface area contributed by atoms with E-state index in [0.29, 0.717) is 6.54 Å². The summed E-state index contributed by atoms with van der Waals surface area (Å²) in [5.41, 5.74) is -0.0361. The van der Waals surface area contributed by atoms with Crippen molar-refractivity contribution in [1.82, 2.24) is 15.1 Å². The number of amides is 1. The van der Waals surface area contributed by atoms with Crippen molar-refractivity contribution >= 4 is 21.8 Å². The fourth-order valence-electron chi connectivity index (χ4n) is 1.44. The van der Waals surface area contributed by atoms with Crippen LogP contribution in [0.25, 0.3) is 0 Å². The largest absolute Gasteiger partial charge is 0.335 e. The molecule has 1 rings (SSSR count). The molecule has 1 heterocycles. The molecule has 0 atom stereocenters. The Hall–Kier alpha value is -1.17. The van der Waals surface area contributed by atoms with Crippen LogP contribution in [0.3, 0.4) is 0 Å². The summed E-state index contributed by atoms with van der Waals surface area (Å²) < 4.78 is 0. The second-order valence-corrected chi connectivity index (χ2v) is 4.73. The molecule has 0 aliphatic heterocycles. The summed E-state index contributed by atoms with van der Waals surface area (Å²) >= 11 is 3.34. The Labute approximate surface area is 108 Å². The highest BCUT2D eigenvalue weighted by Crippen LogP contribution is 2.06. The molecule has 0 radical (unpaired) electrons. The van der Waals surface area contributed by atoms with E-state index in [-0.39, 0.29) is 23.2 Å². The summed E-state index contributed by atoms with van der Waals surface area (Å²) in [6.45, 7) is 4.58. The van der Waals surface area contributed by atoms with E-state index in [1.807, 2.05) is 13.8 Å². The Bertz CT molecular complexity index is 410. The number of aromatic nitrogens is 2. The molecule has 0 aromatic carbocycles. The first-order valence-corrected chi connectivity index (χ1v) is 6.61. The molecular formula is C11H16BrN3O2. The van der Waals surface area contributed by atoms with Crippen LogP contribution in [0.2, 0.25) is 0 Å². The third-order valence-electron chi connectivity index (χ3n) is 2.32. The maximum absolute atomic E-state index is 12.1. The van der Waals surface area contributed by atoms with E-state index < -0.39 is 0 Å². The Kier molecular flexibility index (Phi) is 5.34. The fraction of sp³-hybridized carbons (Fsp3) is 0.545. The Balaban J connectivity index is 2.83. The minimum Gasteiger partial charge on any atom is -0.335 e. The number of halogens is 1. The van der Waals surface area contributed by atoms with Gasteiger partial charge in [0.05, 0.1) is 0 Å². The van der Waals surface area contributed by atoms with Crippen LogP contribution in [-0.4, -0.2) is 38.9 Å². The third-order valence-corrected chi connectivity index (χ3v) is 2.88. The molecule has 1 N–H and O–H groups in total. The van der Waals surface area contributed by atoms with Gasteiger partial charge in [0, 0.05) is 24.0 Å². The molecule has 1 aromatic heterocycles. The lowest BCUT2D eigenvalue weighted by atomic mass is 10.2. The van der Waals surface area contributed by atoms with Crippen molar-refractivity contribution < 1.29 is 4.79 Å². The van der Waals surface area contributed by atoms with E-state index in [4.69, 9.17) is 0 Å². The van der Waals surface area contributed by atoms with E-state index >= 15 is 0 Å². The van der Waals surface area contributed by atoms with Gasteiger partial charge in [-0.25, -0.2) is 5.10 Å². The smallest absolute Gasteiger partial charge is 0.274 e. The van der Waals surface area contributed by atoms with Gasteiger partial charge in [0.2, 0.25) is 0 Å². The lowest BCUT2D eigenvalue weighted by Crippen LogP contribution is -2.38. The number of aromatic amines is 1. The lowest BCUT2D eigenvalue weighted by molar-refractivity contribution is 0.0699. The maximum atomic E-state index is 12.1. The van der Waals surface area contributed by atoms with Gasteiger partial charge in [-0.1, -0.05) is 15.9 Å². The number of rotatable bonds is 5. The molecule has 1 aromatic rings. The molecule has 1 amide bonds. The van der Waals surface area contributed by atoms with Crippen LogP contribution in [-0.2, 0) is 0 Å².